The van der Waals surface area contributed by atoms with Crippen LogP contribution in [-0.2, 0) is 4.74 Å². The summed E-state index contributed by atoms with van der Waals surface area (Å²) in [6, 6.07) is 0.266. The molecule has 0 bridgehead atoms. The lowest BCUT2D eigenvalue weighted by Gasteiger charge is -2.45. The third kappa shape index (κ3) is 2.28. The van der Waals surface area contributed by atoms with Crippen molar-refractivity contribution in [3.05, 3.63) is 0 Å². The molecule has 0 spiro atoms. The monoisotopic (exact) mass is 225 g/mol. The van der Waals surface area contributed by atoms with Crippen LogP contribution in [0.2, 0.25) is 0 Å². The molecule has 0 amide bonds. The van der Waals surface area contributed by atoms with Crippen molar-refractivity contribution in [2.45, 2.75) is 69.9 Å². The molecule has 0 aromatic rings. The first-order valence-corrected chi connectivity index (χ1v) is 6.99. The lowest BCUT2D eigenvalue weighted by molar-refractivity contribution is -0.0824. The van der Waals surface area contributed by atoms with Gasteiger partial charge in [0.25, 0.3) is 0 Å². The first kappa shape index (κ1) is 12.4. The van der Waals surface area contributed by atoms with Crippen molar-refractivity contribution in [3.8, 4) is 0 Å². The van der Waals surface area contributed by atoms with Gasteiger partial charge in [0.15, 0.2) is 0 Å². The molecule has 0 aromatic heterocycles. The molecule has 0 radical (unpaired) electrons. The van der Waals surface area contributed by atoms with Crippen LogP contribution >= 0.6 is 0 Å². The molecule has 2 aliphatic carbocycles. The van der Waals surface area contributed by atoms with Crippen molar-refractivity contribution < 1.29 is 4.74 Å². The number of ether oxygens (including phenoxy) is 1. The van der Waals surface area contributed by atoms with E-state index in [-0.39, 0.29) is 11.6 Å². The fraction of sp³-hybridized carbons (Fsp3) is 1.00. The van der Waals surface area contributed by atoms with Crippen LogP contribution in [-0.4, -0.2) is 18.8 Å². The molecule has 2 rings (SSSR count). The van der Waals surface area contributed by atoms with Crippen LogP contribution in [0.3, 0.4) is 0 Å². The predicted molar refractivity (Wildman–Crippen MR) is 67.3 cm³/mol. The average molecular weight is 225 g/mol. The van der Waals surface area contributed by atoms with Gasteiger partial charge in [-0.05, 0) is 37.5 Å². The minimum Gasteiger partial charge on any atom is -0.377 e. The largest absolute Gasteiger partial charge is 0.377 e. The lowest BCUT2D eigenvalue weighted by atomic mass is 9.71. The summed E-state index contributed by atoms with van der Waals surface area (Å²) in [5.41, 5.74) is 6.53. The molecule has 0 aliphatic heterocycles. The Kier molecular flexibility index (Phi) is 3.91. The first-order valence-electron chi connectivity index (χ1n) is 6.99. The van der Waals surface area contributed by atoms with E-state index in [1.54, 1.807) is 0 Å². The van der Waals surface area contributed by atoms with Gasteiger partial charge >= 0.3 is 0 Å². The summed E-state index contributed by atoms with van der Waals surface area (Å²) >= 11 is 0. The molecule has 2 nitrogen and oxygen atoms in total. The highest BCUT2D eigenvalue weighted by molar-refractivity contribution is 4.99. The van der Waals surface area contributed by atoms with Gasteiger partial charge < -0.3 is 10.5 Å². The van der Waals surface area contributed by atoms with Gasteiger partial charge in [-0.3, -0.25) is 0 Å². The molecule has 2 aliphatic rings. The van der Waals surface area contributed by atoms with Gasteiger partial charge in [0.1, 0.15) is 0 Å². The van der Waals surface area contributed by atoms with Crippen LogP contribution in [0.4, 0.5) is 0 Å². The first-order chi connectivity index (χ1) is 7.68. The van der Waals surface area contributed by atoms with Crippen molar-refractivity contribution in [1.82, 2.24) is 0 Å². The number of nitrogens with two attached hydrogens (primary N) is 1. The quantitative estimate of drug-likeness (QED) is 0.801. The molecule has 0 aromatic carbocycles. The summed E-state index contributed by atoms with van der Waals surface area (Å²) in [7, 11) is 1.87. The van der Waals surface area contributed by atoms with Gasteiger partial charge in [-0.25, -0.2) is 0 Å². The fourth-order valence-electron chi connectivity index (χ4n) is 3.91. The Hall–Kier alpha value is -0.0800. The summed E-state index contributed by atoms with van der Waals surface area (Å²) in [5, 5.41) is 0. The summed E-state index contributed by atoms with van der Waals surface area (Å²) in [6.45, 7) is 2.34. The molecule has 0 saturated heterocycles. The maximum atomic E-state index is 6.54. The summed E-state index contributed by atoms with van der Waals surface area (Å²) < 4.78 is 5.90. The summed E-state index contributed by atoms with van der Waals surface area (Å²) in [6.07, 6.45) is 10.4. The van der Waals surface area contributed by atoms with Crippen LogP contribution in [0.25, 0.3) is 0 Å². The van der Waals surface area contributed by atoms with E-state index < -0.39 is 0 Å². The summed E-state index contributed by atoms with van der Waals surface area (Å²) in [4.78, 5) is 0. The SMILES string of the molecule is COC1(C(N)C2CCCC2)CCCC(C)C1. The highest BCUT2D eigenvalue weighted by atomic mass is 16.5. The molecule has 3 unspecified atom stereocenters. The van der Waals surface area contributed by atoms with Crippen molar-refractivity contribution in [2.75, 3.05) is 7.11 Å². The van der Waals surface area contributed by atoms with Crippen LogP contribution < -0.4 is 5.73 Å². The van der Waals surface area contributed by atoms with Crippen molar-refractivity contribution >= 4 is 0 Å². The number of hydrogen-bond acceptors (Lipinski definition) is 2. The number of rotatable bonds is 3. The fourth-order valence-corrected chi connectivity index (χ4v) is 3.91. The molecule has 0 heterocycles. The minimum absolute atomic E-state index is 0.00727. The molecule has 2 fully saturated rings. The van der Waals surface area contributed by atoms with E-state index in [1.165, 1.54) is 51.4 Å². The number of methoxy groups -OCH3 is 1. The Balaban J connectivity index is 2.06. The summed E-state index contributed by atoms with van der Waals surface area (Å²) in [5.74, 6) is 1.49. The van der Waals surface area contributed by atoms with Crippen LogP contribution in [0.1, 0.15) is 58.3 Å². The van der Waals surface area contributed by atoms with E-state index in [1.807, 2.05) is 7.11 Å². The predicted octanol–water partition coefficient (Wildman–Crippen LogP) is 3.10. The van der Waals surface area contributed by atoms with Gasteiger partial charge in [0.2, 0.25) is 0 Å². The van der Waals surface area contributed by atoms with Gasteiger partial charge in [0, 0.05) is 13.2 Å². The zero-order valence-electron chi connectivity index (χ0n) is 10.9. The topological polar surface area (TPSA) is 35.2 Å². The molecule has 16 heavy (non-hydrogen) atoms. The van der Waals surface area contributed by atoms with Crippen molar-refractivity contribution in [3.63, 3.8) is 0 Å². The van der Waals surface area contributed by atoms with Crippen LogP contribution in [0, 0.1) is 11.8 Å². The Bertz CT molecular complexity index is 225. The molecule has 2 heteroatoms. The Morgan fingerprint density at radius 3 is 2.44 bits per heavy atom. The zero-order valence-corrected chi connectivity index (χ0v) is 10.9. The minimum atomic E-state index is -0.00727. The van der Waals surface area contributed by atoms with E-state index in [2.05, 4.69) is 6.92 Å². The highest BCUT2D eigenvalue weighted by Gasteiger charge is 2.44. The molecule has 2 N–H and O–H groups in total. The molecule has 2 saturated carbocycles. The van der Waals surface area contributed by atoms with Crippen LogP contribution in [0.15, 0.2) is 0 Å². The maximum Gasteiger partial charge on any atom is 0.0834 e. The average Bonchev–Trinajstić information content (AvgIpc) is 2.81. The van der Waals surface area contributed by atoms with Gasteiger partial charge in [0.05, 0.1) is 5.60 Å². The van der Waals surface area contributed by atoms with E-state index in [0.29, 0.717) is 5.92 Å². The molecular formula is C14H27NO. The lowest BCUT2D eigenvalue weighted by Crippen LogP contribution is -2.55. The number of hydrogen-bond donors (Lipinski definition) is 1. The Labute approximate surface area is 99.9 Å². The van der Waals surface area contributed by atoms with Gasteiger partial charge in [-0.2, -0.15) is 0 Å². The van der Waals surface area contributed by atoms with E-state index in [0.717, 1.165) is 5.92 Å². The van der Waals surface area contributed by atoms with Gasteiger partial charge in [-0.1, -0.05) is 32.6 Å². The van der Waals surface area contributed by atoms with E-state index in [9.17, 15) is 0 Å². The Morgan fingerprint density at radius 1 is 1.19 bits per heavy atom. The van der Waals surface area contributed by atoms with E-state index >= 15 is 0 Å². The zero-order chi connectivity index (χ0) is 11.6. The normalized spacial score (nSPS) is 38.8. The second-order valence-corrected chi connectivity index (χ2v) is 6.04. The molecular weight excluding hydrogens is 198 g/mol. The smallest absolute Gasteiger partial charge is 0.0834 e. The van der Waals surface area contributed by atoms with Crippen molar-refractivity contribution in [1.29, 1.82) is 0 Å². The standard InChI is InChI=1S/C14H27NO/c1-11-6-5-9-14(10-11,16-2)13(15)12-7-3-4-8-12/h11-13H,3-10,15H2,1-2H3. The Morgan fingerprint density at radius 2 is 1.88 bits per heavy atom. The second-order valence-electron chi connectivity index (χ2n) is 6.04. The third-order valence-electron chi connectivity index (χ3n) is 4.91. The molecule has 94 valence electrons. The third-order valence-corrected chi connectivity index (χ3v) is 4.91. The highest BCUT2D eigenvalue weighted by Crippen LogP contribution is 2.41. The van der Waals surface area contributed by atoms with Crippen LogP contribution in [0.5, 0.6) is 0 Å². The molecule has 3 atom stereocenters. The van der Waals surface area contributed by atoms with Gasteiger partial charge in [-0.15, -0.1) is 0 Å². The second kappa shape index (κ2) is 5.05. The van der Waals surface area contributed by atoms with E-state index in [4.69, 9.17) is 10.5 Å². The van der Waals surface area contributed by atoms with Crippen molar-refractivity contribution in [2.24, 2.45) is 17.6 Å². The maximum absolute atomic E-state index is 6.54.